The van der Waals surface area contributed by atoms with E-state index in [-0.39, 0.29) is 18.4 Å². The smallest absolute Gasteiger partial charge is 0.261 e. The molecular weight excluding hydrogens is 436 g/mol. The van der Waals surface area contributed by atoms with Crippen LogP contribution in [0.4, 0.5) is 0 Å². The molecule has 6 nitrogen and oxygen atoms in total. The lowest BCUT2D eigenvalue weighted by atomic mass is 10.1. The summed E-state index contributed by atoms with van der Waals surface area (Å²) in [6.07, 6.45) is 1.58. The molecule has 1 N–H and O–H groups in total. The molecule has 0 bridgehead atoms. The topological polar surface area (TPSA) is 71.8 Å². The molecular formula is C22H21BrN2O4. The molecule has 0 fully saturated rings. The lowest BCUT2D eigenvalue weighted by molar-refractivity contribution is -0.134. The van der Waals surface area contributed by atoms with Gasteiger partial charge in [0.25, 0.3) is 11.8 Å². The summed E-state index contributed by atoms with van der Waals surface area (Å²) in [4.78, 5) is 26.2. The van der Waals surface area contributed by atoms with Crippen molar-refractivity contribution < 1.29 is 18.7 Å². The normalized spacial score (nSPS) is 10.4. The van der Waals surface area contributed by atoms with Crippen LogP contribution in [0, 0.1) is 0 Å². The summed E-state index contributed by atoms with van der Waals surface area (Å²) >= 11 is 3.37. The van der Waals surface area contributed by atoms with Crippen LogP contribution < -0.4 is 10.1 Å². The van der Waals surface area contributed by atoms with Crippen LogP contribution in [0.15, 0.2) is 75.8 Å². The summed E-state index contributed by atoms with van der Waals surface area (Å²) in [5.74, 6) is 0.987. The van der Waals surface area contributed by atoms with Gasteiger partial charge in [0.15, 0.2) is 6.61 Å². The highest BCUT2D eigenvalue weighted by atomic mass is 79.9. The minimum absolute atomic E-state index is 0.0847. The minimum atomic E-state index is -0.167. The monoisotopic (exact) mass is 456 g/mol. The van der Waals surface area contributed by atoms with Crippen molar-refractivity contribution in [2.45, 2.75) is 13.1 Å². The Kier molecular flexibility index (Phi) is 7.08. The Balaban J connectivity index is 1.68. The van der Waals surface area contributed by atoms with Crippen molar-refractivity contribution in [3.05, 3.63) is 88.3 Å². The Morgan fingerprint density at radius 3 is 2.38 bits per heavy atom. The van der Waals surface area contributed by atoms with Crippen LogP contribution in [0.2, 0.25) is 0 Å². The molecule has 0 aliphatic rings. The molecule has 150 valence electrons. The van der Waals surface area contributed by atoms with Crippen molar-refractivity contribution >= 4 is 27.7 Å². The van der Waals surface area contributed by atoms with Gasteiger partial charge in [0.05, 0.1) is 12.8 Å². The van der Waals surface area contributed by atoms with E-state index in [2.05, 4.69) is 21.2 Å². The van der Waals surface area contributed by atoms with Crippen LogP contribution >= 0.6 is 15.9 Å². The molecule has 2 amide bonds. The van der Waals surface area contributed by atoms with E-state index in [1.807, 2.05) is 30.3 Å². The fourth-order valence-electron chi connectivity index (χ4n) is 2.72. The molecule has 0 unspecified atom stereocenters. The molecule has 0 atom stereocenters. The largest absolute Gasteiger partial charge is 0.484 e. The third kappa shape index (κ3) is 5.96. The average molecular weight is 457 g/mol. The van der Waals surface area contributed by atoms with Crippen molar-refractivity contribution in [3.8, 4) is 5.75 Å². The second kappa shape index (κ2) is 9.93. The quantitative estimate of drug-likeness (QED) is 0.555. The summed E-state index contributed by atoms with van der Waals surface area (Å²) in [7, 11) is 1.59. The van der Waals surface area contributed by atoms with Gasteiger partial charge in [0, 0.05) is 23.6 Å². The van der Waals surface area contributed by atoms with Gasteiger partial charge in [-0.2, -0.15) is 0 Å². The first-order valence-electron chi connectivity index (χ1n) is 9.04. The highest BCUT2D eigenvalue weighted by Gasteiger charge is 2.17. The van der Waals surface area contributed by atoms with E-state index in [4.69, 9.17) is 9.15 Å². The van der Waals surface area contributed by atoms with Crippen LogP contribution in [0.25, 0.3) is 0 Å². The number of nitrogens with one attached hydrogen (secondary N) is 1. The van der Waals surface area contributed by atoms with Gasteiger partial charge in [-0.05, 0) is 54.1 Å². The highest BCUT2D eigenvalue weighted by molar-refractivity contribution is 9.10. The predicted molar refractivity (Wildman–Crippen MR) is 112 cm³/mol. The Morgan fingerprint density at radius 2 is 1.76 bits per heavy atom. The van der Waals surface area contributed by atoms with Gasteiger partial charge >= 0.3 is 0 Å². The first-order valence-corrected chi connectivity index (χ1v) is 9.84. The highest BCUT2D eigenvalue weighted by Crippen LogP contribution is 2.17. The van der Waals surface area contributed by atoms with E-state index < -0.39 is 0 Å². The molecule has 0 radical (unpaired) electrons. The molecule has 1 aromatic heterocycles. The molecule has 3 aromatic rings. The Hall–Kier alpha value is -3.06. The number of hydrogen-bond acceptors (Lipinski definition) is 4. The van der Waals surface area contributed by atoms with Gasteiger partial charge in [-0.3, -0.25) is 9.59 Å². The standard InChI is InChI=1S/C22H21BrN2O4/c1-24-22(27)17-6-4-16(5-7-17)13-25(14-20-3-2-12-28-20)21(26)15-29-19-10-8-18(23)9-11-19/h2-12H,13-15H2,1H3,(H,24,27). The van der Waals surface area contributed by atoms with Crippen molar-refractivity contribution in [1.82, 2.24) is 10.2 Å². The van der Waals surface area contributed by atoms with Gasteiger partial charge in [0.2, 0.25) is 0 Å². The molecule has 7 heteroatoms. The van der Waals surface area contributed by atoms with Crippen LogP contribution in [0.5, 0.6) is 5.75 Å². The lowest BCUT2D eigenvalue weighted by Crippen LogP contribution is -2.34. The predicted octanol–water partition coefficient (Wildman–Crippen LogP) is 4.01. The van der Waals surface area contributed by atoms with E-state index in [1.54, 1.807) is 48.5 Å². The molecule has 1 heterocycles. The maximum Gasteiger partial charge on any atom is 0.261 e. The van der Waals surface area contributed by atoms with Crippen LogP contribution in [-0.4, -0.2) is 30.4 Å². The molecule has 0 spiro atoms. The van der Waals surface area contributed by atoms with Crippen LogP contribution in [-0.2, 0) is 17.9 Å². The number of halogens is 1. The SMILES string of the molecule is CNC(=O)c1ccc(CN(Cc2ccco2)C(=O)COc2ccc(Br)cc2)cc1. The zero-order valence-corrected chi connectivity index (χ0v) is 17.5. The maximum absolute atomic E-state index is 12.8. The Labute approximate surface area is 177 Å². The molecule has 2 aromatic carbocycles. The third-order valence-electron chi connectivity index (χ3n) is 4.27. The average Bonchev–Trinajstić information content (AvgIpc) is 3.26. The summed E-state index contributed by atoms with van der Waals surface area (Å²) < 4.78 is 12.0. The fourth-order valence-corrected chi connectivity index (χ4v) is 2.98. The second-order valence-electron chi connectivity index (χ2n) is 6.35. The number of amides is 2. The van der Waals surface area contributed by atoms with Crippen molar-refractivity contribution in [2.24, 2.45) is 0 Å². The van der Waals surface area contributed by atoms with Gasteiger partial charge in [0.1, 0.15) is 11.5 Å². The van der Waals surface area contributed by atoms with E-state index >= 15 is 0 Å². The van der Waals surface area contributed by atoms with Gasteiger partial charge < -0.3 is 19.4 Å². The Morgan fingerprint density at radius 1 is 1.03 bits per heavy atom. The number of benzene rings is 2. The van der Waals surface area contributed by atoms with E-state index in [0.29, 0.717) is 30.2 Å². The molecule has 0 aliphatic heterocycles. The summed E-state index contributed by atoms with van der Waals surface area (Å²) in [5, 5.41) is 2.59. The van der Waals surface area contributed by atoms with Crippen molar-refractivity contribution in [2.75, 3.05) is 13.7 Å². The number of ether oxygens (including phenoxy) is 1. The minimum Gasteiger partial charge on any atom is -0.484 e. The van der Waals surface area contributed by atoms with E-state index in [9.17, 15) is 9.59 Å². The summed E-state index contributed by atoms with van der Waals surface area (Å²) in [6, 6.07) is 18.1. The maximum atomic E-state index is 12.8. The van der Waals surface area contributed by atoms with Crippen molar-refractivity contribution in [3.63, 3.8) is 0 Å². The zero-order chi connectivity index (χ0) is 20.6. The summed E-state index contributed by atoms with van der Waals surface area (Å²) in [5.41, 5.74) is 1.47. The Bertz CT molecular complexity index is 938. The number of carbonyl (C=O) groups excluding carboxylic acids is 2. The molecule has 29 heavy (non-hydrogen) atoms. The number of furan rings is 1. The second-order valence-corrected chi connectivity index (χ2v) is 7.26. The van der Waals surface area contributed by atoms with Gasteiger partial charge in [-0.15, -0.1) is 0 Å². The molecule has 0 saturated heterocycles. The molecule has 3 rings (SSSR count). The zero-order valence-electron chi connectivity index (χ0n) is 15.9. The first-order chi connectivity index (χ1) is 14.0. The van der Waals surface area contributed by atoms with Gasteiger partial charge in [-0.1, -0.05) is 28.1 Å². The van der Waals surface area contributed by atoms with Crippen LogP contribution in [0.1, 0.15) is 21.7 Å². The number of nitrogens with zero attached hydrogens (tertiary/aromatic N) is 1. The number of hydrogen-bond donors (Lipinski definition) is 1. The van der Waals surface area contributed by atoms with Gasteiger partial charge in [-0.25, -0.2) is 0 Å². The van der Waals surface area contributed by atoms with Crippen LogP contribution in [0.3, 0.4) is 0 Å². The number of carbonyl (C=O) groups is 2. The third-order valence-corrected chi connectivity index (χ3v) is 4.80. The fraction of sp³-hybridized carbons (Fsp3) is 0.182. The van der Waals surface area contributed by atoms with E-state index in [0.717, 1.165) is 10.0 Å². The first kappa shape index (κ1) is 20.7. The molecule has 0 aliphatic carbocycles. The summed E-state index contributed by atoms with van der Waals surface area (Å²) in [6.45, 7) is 0.614. The number of rotatable bonds is 8. The van der Waals surface area contributed by atoms with E-state index in [1.165, 1.54) is 0 Å². The molecule has 0 saturated carbocycles. The van der Waals surface area contributed by atoms with Crippen molar-refractivity contribution in [1.29, 1.82) is 0 Å². The lowest BCUT2D eigenvalue weighted by Gasteiger charge is -2.22.